The molecule has 0 spiro atoms. The topological polar surface area (TPSA) is 106 Å². The van der Waals surface area contributed by atoms with Crippen LogP contribution in [0.15, 0.2) is 61.1 Å². The van der Waals surface area contributed by atoms with E-state index >= 15 is 0 Å². The van der Waals surface area contributed by atoms with Crippen molar-refractivity contribution in [3.8, 4) is 6.07 Å². The smallest absolute Gasteiger partial charge is 0.282 e. The first-order valence-corrected chi connectivity index (χ1v) is 13.1. The Bertz CT molecular complexity index is 1280. The largest absolute Gasteiger partial charge is 0.379 e. The van der Waals surface area contributed by atoms with Gasteiger partial charge in [0, 0.05) is 44.1 Å². The number of ether oxygens (including phenoxy) is 1. The van der Waals surface area contributed by atoms with E-state index in [1.807, 2.05) is 42.5 Å². The minimum atomic E-state index is -3.77. The number of benzene rings is 2. The van der Waals surface area contributed by atoms with Gasteiger partial charge >= 0.3 is 0 Å². The molecule has 0 unspecified atom stereocenters. The molecule has 1 saturated heterocycles. The highest BCUT2D eigenvalue weighted by molar-refractivity contribution is 7.86. The van der Waals surface area contributed by atoms with E-state index in [2.05, 4.69) is 20.9 Å². The van der Waals surface area contributed by atoms with Crippen molar-refractivity contribution in [1.82, 2.24) is 18.6 Å². The quantitative estimate of drug-likeness (QED) is 0.566. The van der Waals surface area contributed by atoms with Gasteiger partial charge in [-0.1, -0.05) is 30.3 Å². The highest BCUT2D eigenvalue weighted by Gasteiger charge is 2.39. The number of nitrogens with one attached hydrogen (secondary N) is 1. The first-order valence-electron chi connectivity index (χ1n) is 11.7. The van der Waals surface area contributed by atoms with Gasteiger partial charge in [-0.3, -0.25) is 0 Å². The molecule has 0 bridgehead atoms. The predicted molar refractivity (Wildman–Crippen MR) is 132 cm³/mol. The Morgan fingerprint density at radius 3 is 2.66 bits per heavy atom. The average molecular weight is 493 g/mol. The van der Waals surface area contributed by atoms with Crippen molar-refractivity contribution in [2.75, 3.05) is 37.7 Å². The van der Waals surface area contributed by atoms with Crippen LogP contribution in [-0.2, 0) is 34.5 Å². The third kappa shape index (κ3) is 5.09. The minimum absolute atomic E-state index is 0.196. The highest BCUT2D eigenvalue weighted by atomic mass is 32.2. The van der Waals surface area contributed by atoms with E-state index in [0.717, 1.165) is 22.5 Å². The van der Waals surface area contributed by atoms with Crippen LogP contribution in [-0.4, -0.2) is 65.9 Å². The molecule has 9 nitrogen and oxygen atoms in total. The first kappa shape index (κ1) is 23.5. The van der Waals surface area contributed by atoms with Crippen LogP contribution >= 0.6 is 0 Å². The predicted octanol–water partition coefficient (Wildman–Crippen LogP) is 2.29. The van der Waals surface area contributed by atoms with Gasteiger partial charge in [-0.05, 0) is 35.7 Å². The second-order valence-corrected chi connectivity index (χ2v) is 10.7. The van der Waals surface area contributed by atoms with E-state index in [9.17, 15) is 13.7 Å². The summed E-state index contributed by atoms with van der Waals surface area (Å²) in [6.45, 7) is 2.68. The summed E-state index contributed by atoms with van der Waals surface area (Å²) >= 11 is 0. The summed E-state index contributed by atoms with van der Waals surface area (Å²) in [4.78, 5) is 9.49. The number of anilines is 1. The summed E-state index contributed by atoms with van der Waals surface area (Å²) in [6.07, 6.45) is 4.00. The third-order valence-electron chi connectivity index (χ3n) is 6.54. The Labute approximate surface area is 205 Å². The van der Waals surface area contributed by atoms with Gasteiger partial charge in [-0.25, -0.2) is 4.98 Å². The molecule has 3 heterocycles. The Morgan fingerprint density at radius 2 is 1.94 bits per heavy atom. The maximum Gasteiger partial charge on any atom is 0.282 e. The number of aromatic amines is 1. The molecule has 182 valence electrons. The number of nitrogens with zero attached hydrogens (tertiary/aromatic N) is 5. The molecule has 1 fully saturated rings. The SMILES string of the molecule is N#Cc1ccc2c(c1)CN(S(=O)(=O)N1CCOCC1)[C@H](Cc1ccccc1)CN2Cc1cnc[nH]1. The molecular weight excluding hydrogens is 464 g/mol. The van der Waals surface area contributed by atoms with E-state index in [-0.39, 0.29) is 12.6 Å². The van der Waals surface area contributed by atoms with Gasteiger partial charge in [-0.15, -0.1) is 0 Å². The molecule has 2 aliphatic rings. The second kappa shape index (κ2) is 10.2. The van der Waals surface area contributed by atoms with Gasteiger partial charge in [0.15, 0.2) is 0 Å². The van der Waals surface area contributed by atoms with Gasteiger partial charge in [-0.2, -0.15) is 22.3 Å². The molecule has 1 N–H and O–H groups in total. The number of hydrogen-bond donors (Lipinski definition) is 1. The number of H-pyrrole nitrogens is 1. The number of hydrogen-bond acceptors (Lipinski definition) is 6. The summed E-state index contributed by atoms with van der Waals surface area (Å²) in [6, 6.07) is 17.4. The maximum atomic E-state index is 14.0. The zero-order chi connectivity index (χ0) is 24.3. The van der Waals surface area contributed by atoms with Gasteiger partial charge < -0.3 is 14.6 Å². The maximum absolute atomic E-state index is 14.0. The highest BCUT2D eigenvalue weighted by Crippen LogP contribution is 2.33. The second-order valence-electron chi connectivity index (χ2n) is 8.82. The van der Waals surface area contributed by atoms with Gasteiger partial charge in [0.1, 0.15) is 0 Å². The molecule has 1 atom stereocenters. The molecule has 2 aliphatic heterocycles. The number of imidazole rings is 1. The van der Waals surface area contributed by atoms with Crippen LogP contribution in [0.25, 0.3) is 0 Å². The number of nitriles is 1. The lowest BCUT2D eigenvalue weighted by atomic mass is 10.1. The average Bonchev–Trinajstić information content (AvgIpc) is 3.35. The summed E-state index contributed by atoms with van der Waals surface area (Å²) in [7, 11) is -3.77. The molecule has 1 aromatic heterocycles. The number of morpholine rings is 1. The fraction of sp³-hybridized carbons (Fsp3) is 0.360. The Hall–Kier alpha value is -3.23. The van der Waals surface area contributed by atoms with Crippen LogP contribution in [0.5, 0.6) is 0 Å². The van der Waals surface area contributed by atoms with Crippen LogP contribution in [0.2, 0.25) is 0 Å². The van der Waals surface area contributed by atoms with Crippen LogP contribution in [0.4, 0.5) is 5.69 Å². The van der Waals surface area contributed by atoms with E-state index in [1.54, 1.807) is 22.9 Å². The molecule has 0 amide bonds. The molecule has 0 saturated carbocycles. The summed E-state index contributed by atoms with van der Waals surface area (Å²) in [5.74, 6) is 0. The van der Waals surface area contributed by atoms with Crippen LogP contribution in [0.3, 0.4) is 0 Å². The Balaban J connectivity index is 1.58. The summed E-state index contributed by atoms with van der Waals surface area (Å²) in [5, 5.41) is 9.53. The monoisotopic (exact) mass is 492 g/mol. The van der Waals surface area contributed by atoms with Crippen LogP contribution in [0.1, 0.15) is 22.4 Å². The van der Waals surface area contributed by atoms with Crippen molar-refractivity contribution in [3.63, 3.8) is 0 Å². The zero-order valence-electron chi connectivity index (χ0n) is 19.4. The van der Waals surface area contributed by atoms with Crippen molar-refractivity contribution >= 4 is 15.9 Å². The standard InChI is InChI=1S/C25H28N6O3S/c26-14-21-6-7-25-22(12-21)16-31(35(32,33)30-8-10-34-11-9-30)24(13-20-4-2-1-3-5-20)18-29(25)17-23-15-27-19-28-23/h1-7,12,15,19,24H,8-11,13,16-18H2,(H,27,28)/t24-/m1/s1. The van der Waals surface area contributed by atoms with Gasteiger partial charge in [0.2, 0.25) is 0 Å². The van der Waals surface area contributed by atoms with Crippen LogP contribution < -0.4 is 4.90 Å². The van der Waals surface area contributed by atoms with E-state index in [1.165, 1.54) is 4.31 Å². The zero-order valence-corrected chi connectivity index (χ0v) is 20.2. The lowest BCUT2D eigenvalue weighted by molar-refractivity contribution is 0.0690. The van der Waals surface area contributed by atoms with E-state index in [4.69, 9.17) is 4.74 Å². The molecular formula is C25H28N6O3S. The molecule has 2 aromatic carbocycles. The van der Waals surface area contributed by atoms with Crippen molar-refractivity contribution in [3.05, 3.63) is 83.4 Å². The van der Waals surface area contributed by atoms with Crippen molar-refractivity contribution in [2.24, 2.45) is 0 Å². The first-order chi connectivity index (χ1) is 17.0. The molecule has 35 heavy (non-hydrogen) atoms. The molecule has 0 aliphatic carbocycles. The van der Waals surface area contributed by atoms with Gasteiger partial charge in [0.25, 0.3) is 10.2 Å². The third-order valence-corrected chi connectivity index (χ3v) is 8.57. The van der Waals surface area contributed by atoms with Crippen molar-refractivity contribution < 1.29 is 13.2 Å². The fourth-order valence-corrected chi connectivity index (χ4v) is 6.53. The lowest BCUT2D eigenvalue weighted by Crippen LogP contribution is -2.53. The normalized spacial score (nSPS) is 19.6. The number of rotatable bonds is 6. The Kier molecular flexibility index (Phi) is 6.83. The van der Waals surface area contributed by atoms with Crippen molar-refractivity contribution in [2.45, 2.75) is 25.6 Å². The molecule has 10 heteroatoms. The Morgan fingerprint density at radius 1 is 1.14 bits per heavy atom. The molecule has 0 radical (unpaired) electrons. The van der Waals surface area contributed by atoms with Gasteiger partial charge in [0.05, 0.1) is 43.4 Å². The van der Waals surface area contributed by atoms with Crippen molar-refractivity contribution in [1.29, 1.82) is 5.26 Å². The van der Waals surface area contributed by atoms with E-state index < -0.39 is 10.2 Å². The molecule has 5 rings (SSSR count). The summed E-state index contributed by atoms with van der Waals surface area (Å²) in [5.41, 5.74) is 4.26. The molecule has 3 aromatic rings. The lowest BCUT2D eigenvalue weighted by Gasteiger charge is -2.36. The van der Waals surface area contributed by atoms with E-state index in [0.29, 0.717) is 51.4 Å². The minimum Gasteiger partial charge on any atom is -0.379 e. The summed E-state index contributed by atoms with van der Waals surface area (Å²) < 4.78 is 36.5. The number of fused-ring (bicyclic) bond motifs is 1. The fourth-order valence-electron chi connectivity index (χ4n) is 4.81. The van der Waals surface area contributed by atoms with Crippen LogP contribution in [0, 0.1) is 11.3 Å². The number of aromatic nitrogens is 2.